The number of hydrogen-bond acceptors (Lipinski definition) is 4. The van der Waals surface area contributed by atoms with Crippen molar-refractivity contribution in [3.63, 3.8) is 0 Å². The average Bonchev–Trinajstić information content (AvgIpc) is 2.47. The summed E-state index contributed by atoms with van der Waals surface area (Å²) in [6.45, 7) is 4.54. The third kappa shape index (κ3) is 2.97. The van der Waals surface area contributed by atoms with Gasteiger partial charge in [-0.3, -0.25) is 9.69 Å². The predicted octanol–water partition coefficient (Wildman–Crippen LogP) is 2.01. The summed E-state index contributed by atoms with van der Waals surface area (Å²) in [5.74, 6) is 0.841. The lowest BCUT2D eigenvalue weighted by Crippen LogP contribution is -2.50. The number of para-hydroxylation sites is 2. The number of benzene rings is 1. The van der Waals surface area contributed by atoms with E-state index in [4.69, 9.17) is 9.47 Å². The lowest BCUT2D eigenvalue weighted by molar-refractivity contribution is -0.151. The molecule has 1 N–H and O–H groups in total. The zero-order valence-corrected chi connectivity index (χ0v) is 12.2. The van der Waals surface area contributed by atoms with E-state index in [1.165, 1.54) is 0 Å². The van der Waals surface area contributed by atoms with Crippen LogP contribution in [0, 0.1) is 5.41 Å². The van der Waals surface area contributed by atoms with Gasteiger partial charge >= 0.3 is 5.97 Å². The molecule has 0 radical (unpaired) electrons. The Bertz CT molecular complexity index is 533. The fraction of sp³-hybridized carbons (Fsp3) is 0.562. The van der Waals surface area contributed by atoms with Gasteiger partial charge in [-0.15, -0.1) is 0 Å². The Morgan fingerprint density at radius 2 is 2.19 bits per heavy atom. The number of likely N-dealkylation sites (tertiary alicyclic amines) is 1. The number of fused-ring (bicyclic) bond motifs is 1. The van der Waals surface area contributed by atoms with Crippen molar-refractivity contribution in [3.8, 4) is 11.5 Å². The standard InChI is InChI=1S/C16H21NO4/c1-16(15(18)19)7-4-8-17(11-16)9-12-10-20-13-5-2-3-6-14(13)21-12/h2-3,5-6,12H,4,7-11H2,1H3,(H,18,19). The summed E-state index contributed by atoms with van der Waals surface area (Å²) >= 11 is 0. The van der Waals surface area contributed by atoms with Crippen LogP contribution in [0.15, 0.2) is 24.3 Å². The van der Waals surface area contributed by atoms with Crippen molar-refractivity contribution in [2.75, 3.05) is 26.2 Å². The van der Waals surface area contributed by atoms with Crippen LogP contribution in [0.5, 0.6) is 11.5 Å². The molecule has 2 aliphatic rings. The highest BCUT2D eigenvalue weighted by atomic mass is 16.6. The molecular weight excluding hydrogens is 270 g/mol. The lowest BCUT2D eigenvalue weighted by Gasteiger charge is -2.39. The summed E-state index contributed by atoms with van der Waals surface area (Å²) in [7, 11) is 0. The van der Waals surface area contributed by atoms with Crippen molar-refractivity contribution in [2.45, 2.75) is 25.9 Å². The van der Waals surface area contributed by atoms with Gasteiger partial charge in [0.15, 0.2) is 11.5 Å². The van der Waals surface area contributed by atoms with Crippen molar-refractivity contribution in [1.29, 1.82) is 0 Å². The van der Waals surface area contributed by atoms with Gasteiger partial charge in [0.2, 0.25) is 0 Å². The van der Waals surface area contributed by atoms with Gasteiger partial charge in [-0.05, 0) is 38.4 Å². The van der Waals surface area contributed by atoms with Gasteiger partial charge in [0.25, 0.3) is 0 Å². The Hall–Kier alpha value is -1.75. The molecule has 3 rings (SSSR count). The van der Waals surface area contributed by atoms with Gasteiger partial charge in [-0.2, -0.15) is 0 Å². The Labute approximate surface area is 124 Å². The van der Waals surface area contributed by atoms with Crippen LogP contribution in [0.25, 0.3) is 0 Å². The molecule has 5 heteroatoms. The Morgan fingerprint density at radius 1 is 1.43 bits per heavy atom. The molecule has 0 saturated carbocycles. The molecule has 0 aromatic heterocycles. The fourth-order valence-electron chi connectivity index (χ4n) is 3.12. The van der Waals surface area contributed by atoms with Gasteiger partial charge < -0.3 is 14.6 Å². The van der Waals surface area contributed by atoms with Crippen LogP contribution in [-0.4, -0.2) is 48.3 Å². The quantitative estimate of drug-likeness (QED) is 0.923. The number of rotatable bonds is 3. The van der Waals surface area contributed by atoms with E-state index in [9.17, 15) is 9.90 Å². The number of aliphatic carboxylic acids is 1. The van der Waals surface area contributed by atoms with E-state index in [0.29, 0.717) is 19.7 Å². The van der Waals surface area contributed by atoms with E-state index in [1.54, 1.807) is 0 Å². The minimum atomic E-state index is -0.710. The summed E-state index contributed by atoms with van der Waals surface area (Å²) in [4.78, 5) is 13.6. The second-order valence-corrected chi connectivity index (χ2v) is 6.20. The SMILES string of the molecule is CC1(C(=O)O)CCCN(CC2COc3ccccc3O2)C1. The fourth-order valence-corrected chi connectivity index (χ4v) is 3.12. The molecule has 0 spiro atoms. The summed E-state index contributed by atoms with van der Waals surface area (Å²) in [6.07, 6.45) is 1.60. The number of carbonyl (C=O) groups is 1. The summed E-state index contributed by atoms with van der Waals surface area (Å²) in [6, 6.07) is 7.64. The normalized spacial score (nSPS) is 29.1. The number of nitrogens with zero attached hydrogens (tertiary/aromatic N) is 1. The van der Waals surface area contributed by atoms with Crippen LogP contribution >= 0.6 is 0 Å². The zero-order chi connectivity index (χ0) is 14.9. The molecule has 1 saturated heterocycles. The molecule has 1 aromatic carbocycles. The highest BCUT2D eigenvalue weighted by molar-refractivity contribution is 5.74. The van der Waals surface area contributed by atoms with E-state index in [1.807, 2.05) is 31.2 Å². The number of ether oxygens (including phenoxy) is 2. The highest BCUT2D eigenvalue weighted by Gasteiger charge is 2.38. The second-order valence-electron chi connectivity index (χ2n) is 6.20. The van der Waals surface area contributed by atoms with Crippen molar-refractivity contribution >= 4 is 5.97 Å². The van der Waals surface area contributed by atoms with Crippen LogP contribution in [0.1, 0.15) is 19.8 Å². The average molecular weight is 291 g/mol. The molecule has 2 aliphatic heterocycles. The molecule has 0 bridgehead atoms. The number of hydrogen-bond donors (Lipinski definition) is 1. The van der Waals surface area contributed by atoms with Crippen molar-refractivity contribution in [3.05, 3.63) is 24.3 Å². The molecule has 2 atom stereocenters. The maximum Gasteiger partial charge on any atom is 0.310 e. The first-order chi connectivity index (χ1) is 10.1. The van der Waals surface area contributed by atoms with Gasteiger partial charge in [-0.25, -0.2) is 0 Å². The first-order valence-electron chi connectivity index (χ1n) is 7.41. The van der Waals surface area contributed by atoms with Gasteiger partial charge in [0.1, 0.15) is 12.7 Å². The van der Waals surface area contributed by atoms with Gasteiger partial charge in [0.05, 0.1) is 5.41 Å². The molecular formula is C16H21NO4. The maximum absolute atomic E-state index is 11.4. The van der Waals surface area contributed by atoms with Crippen LogP contribution in [0.2, 0.25) is 0 Å². The number of carboxylic acid groups (broad SMARTS) is 1. The largest absolute Gasteiger partial charge is 0.486 e. The van der Waals surface area contributed by atoms with Gasteiger partial charge in [0, 0.05) is 13.1 Å². The summed E-state index contributed by atoms with van der Waals surface area (Å²) < 4.78 is 11.7. The van der Waals surface area contributed by atoms with Crippen molar-refractivity contribution in [1.82, 2.24) is 4.90 Å². The molecule has 1 aromatic rings. The summed E-state index contributed by atoms with van der Waals surface area (Å²) in [5, 5.41) is 9.37. The number of carboxylic acids is 1. The third-order valence-electron chi connectivity index (χ3n) is 4.32. The molecule has 0 amide bonds. The second kappa shape index (κ2) is 5.56. The van der Waals surface area contributed by atoms with E-state index in [2.05, 4.69) is 4.90 Å². The van der Waals surface area contributed by atoms with Crippen LogP contribution in [-0.2, 0) is 4.79 Å². The first kappa shape index (κ1) is 14.2. The molecule has 1 fully saturated rings. The van der Waals surface area contributed by atoms with E-state index in [-0.39, 0.29) is 6.10 Å². The predicted molar refractivity (Wildman–Crippen MR) is 77.8 cm³/mol. The minimum absolute atomic E-state index is 0.0453. The van der Waals surface area contributed by atoms with E-state index in [0.717, 1.165) is 30.9 Å². The third-order valence-corrected chi connectivity index (χ3v) is 4.32. The monoisotopic (exact) mass is 291 g/mol. The van der Waals surface area contributed by atoms with Gasteiger partial charge in [-0.1, -0.05) is 12.1 Å². The molecule has 2 unspecified atom stereocenters. The van der Waals surface area contributed by atoms with Crippen LogP contribution < -0.4 is 9.47 Å². The summed E-state index contributed by atoms with van der Waals surface area (Å²) in [5.41, 5.74) is -0.647. The van der Waals surface area contributed by atoms with E-state index < -0.39 is 11.4 Å². The molecule has 0 aliphatic carbocycles. The molecule has 21 heavy (non-hydrogen) atoms. The Morgan fingerprint density at radius 3 is 2.95 bits per heavy atom. The Balaban J connectivity index is 1.62. The number of piperidine rings is 1. The lowest BCUT2D eigenvalue weighted by atomic mass is 9.82. The van der Waals surface area contributed by atoms with E-state index >= 15 is 0 Å². The topological polar surface area (TPSA) is 59.0 Å². The van der Waals surface area contributed by atoms with Crippen molar-refractivity contribution < 1.29 is 19.4 Å². The maximum atomic E-state index is 11.4. The Kier molecular flexibility index (Phi) is 3.76. The smallest absolute Gasteiger partial charge is 0.310 e. The first-order valence-corrected chi connectivity index (χ1v) is 7.41. The van der Waals surface area contributed by atoms with Crippen LogP contribution in [0.4, 0.5) is 0 Å². The van der Waals surface area contributed by atoms with Crippen LogP contribution in [0.3, 0.4) is 0 Å². The highest BCUT2D eigenvalue weighted by Crippen LogP contribution is 2.33. The zero-order valence-electron chi connectivity index (χ0n) is 12.2. The molecule has 114 valence electrons. The molecule has 5 nitrogen and oxygen atoms in total. The minimum Gasteiger partial charge on any atom is -0.486 e. The molecule has 2 heterocycles. The van der Waals surface area contributed by atoms with Crippen molar-refractivity contribution in [2.24, 2.45) is 5.41 Å².